The first-order valence-corrected chi connectivity index (χ1v) is 7.46. The quantitative estimate of drug-likeness (QED) is 0.796. The lowest BCUT2D eigenvalue weighted by molar-refractivity contribution is -0.111. The largest absolute Gasteiger partial charge is 0.493 e. The van der Waals surface area contributed by atoms with E-state index in [4.69, 9.17) is 32.7 Å². The van der Waals surface area contributed by atoms with Crippen LogP contribution in [-0.2, 0) is 4.79 Å². The number of rotatable bonds is 5. The molecule has 0 fully saturated rings. The Morgan fingerprint density at radius 1 is 1.09 bits per heavy atom. The van der Waals surface area contributed by atoms with Crippen molar-refractivity contribution in [3.8, 4) is 11.5 Å². The molecule has 0 saturated carbocycles. The van der Waals surface area contributed by atoms with Crippen molar-refractivity contribution in [1.82, 2.24) is 0 Å². The molecule has 2 rings (SSSR count). The highest BCUT2D eigenvalue weighted by molar-refractivity contribution is 6.42. The summed E-state index contributed by atoms with van der Waals surface area (Å²) in [7, 11) is 3.08. The molecule has 0 radical (unpaired) electrons. The highest BCUT2D eigenvalue weighted by Gasteiger charge is 2.06. The van der Waals surface area contributed by atoms with Crippen LogP contribution in [0.15, 0.2) is 42.5 Å². The Kier molecular flexibility index (Phi) is 5.90. The Bertz CT molecular complexity index is 745. The monoisotopic (exact) mass is 351 g/mol. The molecule has 0 aliphatic carbocycles. The third-order valence-electron chi connectivity index (χ3n) is 3.05. The Morgan fingerprint density at radius 3 is 2.52 bits per heavy atom. The summed E-state index contributed by atoms with van der Waals surface area (Å²) in [5.74, 6) is 0.826. The van der Waals surface area contributed by atoms with Crippen LogP contribution in [0, 0.1) is 0 Å². The molecular weight excluding hydrogens is 337 g/mol. The normalized spacial score (nSPS) is 10.6. The van der Waals surface area contributed by atoms with Crippen LogP contribution in [0.1, 0.15) is 5.56 Å². The second-order valence-electron chi connectivity index (χ2n) is 4.54. The maximum Gasteiger partial charge on any atom is 0.248 e. The SMILES string of the molecule is COc1ccc(NC(=O)/C=C/c2cccc(Cl)c2Cl)cc1OC. The zero-order chi connectivity index (χ0) is 16.8. The van der Waals surface area contributed by atoms with Gasteiger partial charge in [-0.1, -0.05) is 35.3 Å². The molecule has 0 spiro atoms. The number of carbonyl (C=O) groups is 1. The number of anilines is 1. The Hall–Kier alpha value is -2.17. The van der Waals surface area contributed by atoms with Gasteiger partial charge in [0.1, 0.15) is 0 Å². The highest BCUT2D eigenvalue weighted by Crippen LogP contribution is 2.30. The van der Waals surface area contributed by atoms with E-state index in [9.17, 15) is 4.79 Å². The predicted molar refractivity (Wildman–Crippen MR) is 93.7 cm³/mol. The lowest BCUT2D eigenvalue weighted by Gasteiger charge is -2.09. The number of nitrogens with one attached hydrogen (secondary N) is 1. The van der Waals surface area contributed by atoms with E-state index in [2.05, 4.69) is 5.32 Å². The van der Waals surface area contributed by atoms with E-state index in [1.165, 1.54) is 13.2 Å². The van der Waals surface area contributed by atoms with Gasteiger partial charge in [0.05, 0.1) is 24.3 Å². The summed E-state index contributed by atoms with van der Waals surface area (Å²) in [6.45, 7) is 0. The zero-order valence-corrected chi connectivity index (χ0v) is 14.1. The minimum Gasteiger partial charge on any atom is -0.493 e. The molecule has 2 aromatic carbocycles. The molecule has 0 heterocycles. The fourth-order valence-corrected chi connectivity index (χ4v) is 2.28. The number of ether oxygens (including phenoxy) is 2. The summed E-state index contributed by atoms with van der Waals surface area (Å²) >= 11 is 12.0. The lowest BCUT2D eigenvalue weighted by atomic mass is 10.2. The maximum atomic E-state index is 12.0. The molecule has 120 valence electrons. The van der Waals surface area contributed by atoms with Gasteiger partial charge in [-0.25, -0.2) is 0 Å². The first kappa shape index (κ1) is 17.2. The van der Waals surface area contributed by atoms with E-state index < -0.39 is 0 Å². The maximum absolute atomic E-state index is 12.0. The van der Waals surface area contributed by atoms with Crippen molar-refractivity contribution in [2.75, 3.05) is 19.5 Å². The van der Waals surface area contributed by atoms with Crippen molar-refractivity contribution in [2.45, 2.75) is 0 Å². The van der Waals surface area contributed by atoms with Crippen LogP contribution in [0.3, 0.4) is 0 Å². The fourth-order valence-electron chi connectivity index (χ4n) is 1.91. The van der Waals surface area contributed by atoms with Crippen LogP contribution in [0.4, 0.5) is 5.69 Å². The molecule has 0 aliphatic rings. The molecule has 23 heavy (non-hydrogen) atoms. The van der Waals surface area contributed by atoms with Gasteiger partial charge in [-0.2, -0.15) is 0 Å². The van der Waals surface area contributed by atoms with Crippen molar-refractivity contribution in [3.05, 3.63) is 58.1 Å². The van der Waals surface area contributed by atoms with E-state index in [1.54, 1.807) is 49.6 Å². The van der Waals surface area contributed by atoms with Gasteiger partial charge in [0.25, 0.3) is 0 Å². The van der Waals surface area contributed by atoms with Crippen molar-refractivity contribution in [3.63, 3.8) is 0 Å². The Morgan fingerprint density at radius 2 is 1.83 bits per heavy atom. The molecule has 0 aromatic heterocycles. The Labute approximate surface area is 144 Å². The van der Waals surface area contributed by atoms with Gasteiger partial charge in [0.15, 0.2) is 11.5 Å². The van der Waals surface area contributed by atoms with Crippen LogP contribution in [0.5, 0.6) is 11.5 Å². The van der Waals surface area contributed by atoms with E-state index in [-0.39, 0.29) is 5.91 Å². The second-order valence-corrected chi connectivity index (χ2v) is 5.32. The summed E-state index contributed by atoms with van der Waals surface area (Å²) in [4.78, 5) is 12.0. The molecule has 4 nitrogen and oxygen atoms in total. The lowest BCUT2D eigenvalue weighted by Crippen LogP contribution is -2.08. The molecule has 6 heteroatoms. The van der Waals surface area contributed by atoms with Crippen molar-refractivity contribution in [2.24, 2.45) is 0 Å². The van der Waals surface area contributed by atoms with Gasteiger partial charge in [-0.05, 0) is 29.8 Å². The molecule has 2 aromatic rings. The third kappa shape index (κ3) is 4.41. The minimum atomic E-state index is -0.298. The number of carbonyl (C=O) groups excluding carboxylic acids is 1. The molecule has 0 atom stereocenters. The first-order valence-electron chi connectivity index (χ1n) is 6.70. The topological polar surface area (TPSA) is 47.6 Å². The zero-order valence-electron chi connectivity index (χ0n) is 12.6. The number of hydrogen-bond acceptors (Lipinski definition) is 3. The molecule has 0 bridgehead atoms. The van der Waals surface area contributed by atoms with Gasteiger partial charge in [-0.3, -0.25) is 4.79 Å². The Balaban J connectivity index is 2.10. The van der Waals surface area contributed by atoms with E-state index >= 15 is 0 Å². The van der Waals surface area contributed by atoms with Crippen LogP contribution < -0.4 is 14.8 Å². The smallest absolute Gasteiger partial charge is 0.248 e. The first-order chi connectivity index (χ1) is 11.0. The van der Waals surface area contributed by atoms with Gasteiger partial charge < -0.3 is 14.8 Å². The van der Waals surface area contributed by atoms with Gasteiger partial charge in [-0.15, -0.1) is 0 Å². The summed E-state index contributed by atoms with van der Waals surface area (Å²) < 4.78 is 10.3. The third-order valence-corrected chi connectivity index (χ3v) is 3.88. The van der Waals surface area contributed by atoms with Crippen molar-refractivity contribution >= 4 is 40.9 Å². The average molecular weight is 352 g/mol. The van der Waals surface area contributed by atoms with Crippen LogP contribution in [0.25, 0.3) is 6.08 Å². The molecular formula is C17H15Cl2NO3. The average Bonchev–Trinajstić information content (AvgIpc) is 2.56. The summed E-state index contributed by atoms with van der Waals surface area (Å²) in [6, 6.07) is 10.3. The summed E-state index contributed by atoms with van der Waals surface area (Å²) in [5, 5.41) is 3.58. The van der Waals surface area contributed by atoms with Crippen LogP contribution >= 0.6 is 23.2 Å². The van der Waals surface area contributed by atoms with E-state index in [0.717, 1.165) is 0 Å². The van der Waals surface area contributed by atoms with Crippen molar-refractivity contribution < 1.29 is 14.3 Å². The number of amides is 1. The molecule has 1 amide bonds. The van der Waals surface area contributed by atoms with Crippen LogP contribution in [-0.4, -0.2) is 20.1 Å². The standard InChI is InChI=1S/C17H15Cl2NO3/c1-22-14-8-7-12(10-15(14)23-2)20-16(21)9-6-11-4-3-5-13(18)17(11)19/h3-10H,1-2H3,(H,20,21)/b9-6+. The summed E-state index contributed by atoms with van der Waals surface area (Å²) in [6.07, 6.45) is 2.98. The summed E-state index contributed by atoms with van der Waals surface area (Å²) in [5.41, 5.74) is 1.26. The van der Waals surface area contributed by atoms with Crippen LogP contribution in [0.2, 0.25) is 10.0 Å². The molecule has 0 saturated heterocycles. The minimum absolute atomic E-state index is 0.298. The number of methoxy groups -OCH3 is 2. The van der Waals surface area contributed by atoms with E-state index in [1.807, 2.05) is 0 Å². The van der Waals surface area contributed by atoms with E-state index in [0.29, 0.717) is 32.8 Å². The molecule has 1 N–H and O–H groups in total. The van der Waals surface area contributed by atoms with Gasteiger partial charge in [0.2, 0.25) is 5.91 Å². The number of halogens is 2. The fraction of sp³-hybridized carbons (Fsp3) is 0.118. The molecule has 0 aliphatic heterocycles. The second kappa shape index (κ2) is 7.90. The molecule has 0 unspecified atom stereocenters. The van der Waals surface area contributed by atoms with Crippen molar-refractivity contribution in [1.29, 1.82) is 0 Å². The number of hydrogen-bond donors (Lipinski definition) is 1. The van der Waals surface area contributed by atoms with Gasteiger partial charge in [0, 0.05) is 17.8 Å². The predicted octanol–water partition coefficient (Wildman–Crippen LogP) is 4.66. The van der Waals surface area contributed by atoms with Gasteiger partial charge >= 0.3 is 0 Å². The highest BCUT2D eigenvalue weighted by atomic mass is 35.5. The number of benzene rings is 2.